The molecule has 0 saturated carbocycles. The highest BCUT2D eigenvalue weighted by molar-refractivity contribution is 9.10. The van der Waals surface area contributed by atoms with E-state index in [-0.39, 0.29) is 0 Å². The predicted octanol–water partition coefficient (Wildman–Crippen LogP) is 4.57. The monoisotopic (exact) mass is 280 g/mol. The van der Waals surface area contributed by atoms with E-state index in [0.717, 1.165) is 21.3 Å². The summed E-state index contributed by atoms with van der Waals surface area (Å²) >= 11 is 3.60. The number of nitrogens with one attached hydrogen (secondary N) is 1. The first-order valence-corrected chi connectivity index (χ1v) is 6.47. The summed E-state index contributed by atoms with van der Waals surface area (Å²) in [5, 5.41) is 0. The minimum Gasteiger partial charge on any atom is -0.342 e. The molecule has 1 aromatic heterocycles. The molecule has 0 fully saturated rings. The maximum absolute atomic E-state index is 4.61. The van der Waals surface area contributed by atoms with Gasteiger partial charge >= 0.3 is 0 Å². The standard InChI is InChI=1S/C13H17BrN2/c1-7(2)9-5-10(14)12-11(6-9)15-13(16-12)8(3)4/h5-8H,1-4H3,(H,15,16). The third kappa shape index (κ3) is 2.01. The molecule has 1 N–H and O–H groups in total. The lowest BCUT2D eigenvalue weighted by molar-refractivity contribution is 0.799. The Bertz CT molecular complexity index is 512. The van der Waals surface area contributed by atoms with Crippen molar-refractivity contribution in [2.45, 2.75) is 39.5 Å². The molecule has 1 heterocycles. The largest absolute Gasteiger partial charge is 0.342 e. The number of hydrogen-bond acceptors (Lipinski definition) is 1. The Morgan fingerprint density at radius 3 is 2.38 bits per heavy atom. The summed E-state index contributed by atoms with van der Waals surface area (Å²) in [6.07, 6.45) is 0. The van der Waals surface area contributed by atoms with Crippen molar-refractivity contribution in [3.63, 3.8) is 0 Å². The summed E-state index contributed by atoms with van der Waals surface area (Å²) in [7, 11) is 0. The molecule has 2 aromatic rings. The minimum atomic E-state index is 0.432. The lowest BCUT2D eigenvalue weighted by Crippen LogP contribution is -1.88. The summed E-state index contributed by atoms with van der Waals surface area (Å²) in [4.78, 5) is 8.00. The Balaban J connectivity index is 2.63. The molecule has 0 aliphatic rings. The van der Waals surface area contributed by atoms with Crippen molar-refractivity contribution in [1.82, 2.24) is 9.97 Å². The summed E-state index contributed by atoms with van der Waals surface area (Å²) in [6, 6.07) is 4.36. The van der Waals surface area contributed by atoms with Gasteiger partial charge in [-0.2, -0.15) is 0 Å². The van der Waals surface area contributed by atoms with Crippen LogP contribution in [-0.4, -0.2) is 9.97 Å². The zero-order valence-corrected chi connectivity index (χ0v) is 11.7. The average Bonchev–Trinajstić information content (AvgIpc) is 2.61. The van der Waals surface area contributed by atoms with Gasteiger partial charge < -0.3 is 4.98 Å². The van der Waals surface area contributed by atoms with E-state index >= 15 is 0 Å². The van der Waals surface area contributed by atoms with E-state index in [1.165, 1.54) is 5.56 Å². The lowest BCUT2D eigenvalue weighted by Gasteiger charge is -2.05. The van der Waals surface area contributed by atoms with Gasteiger partial charge in [0.2, 0.25) is 0 Å². The van der Waals surface area contributed by atoms with Crippen molar-refractivity contribution in [1.29, 1.82) is 0 Å². The van der Waals surface area contributed by atoms with Crippen LogP contribution in [0, 0.1) is 0 Å². The predicted molar refractivity (Wildman–Crippen MR) is 72.0 cm³/mol. The maximum atomic E-state index is 4.61. The first kappa shape index (κ1) is 11.6. The molecule has 0 atom stereocenters. The van der Waals surface area contributed by atoms with Crippen LogP contribution < -0.4 is 0 Å². The lowest BCUT2D eigenvalue weighted by atomic mass is 10.0. The zero-order valence-electron chi connectivity index (χ0n) is 10.1. The summed E-state index contributed by atoms with van der Waals surface area (Å²) in [6.45, 7) is 8.70. The maximum Gasteiger partial charge on any atom is 0.109 e. The van der Waals surface area contributed by atoms with Crippen LogP contribution in [0.1, 0.15) is 50.9 Å². The quantitative estimate of drug-likeness (QED) is 0.858. The van der Waals surface area contributed by atoms with E-state index in [9.17, 15) is 0 Å². The van der Waals surface area contributed by atoms with Crippen molar-refractivity contribution in [3.8, 4) is 0 Å². The fourth-order valence-electron chi connectivity index (χ4n) is 1.72. The number of imidazole rings is 1. The molecule has 86 valence electrons. The van der Waals surface area contributed by atoms with Gasteiger partial charge in [-0.1, -0.05) is 27.7 Å². The first-order valence-electron chi connectivity index (χ1n) is 5.68. The molecule has 1 aromatic carbocycles. The second-order valence-electron chi connectivity index (χ2n) is 4.83. The number of aromatic amines is 1. The van der Waals surface area contributed by atoms with Crippen molar-refractivity contribution in [2.24, 2.45) is 0 Å². The Kier molecular flexibility index (Phi) is 3.06. The van der Waals surface area contributed by atoms with E-state index < -0.39 is 0 Å². The number of hydrogen-bond donors (Lipinski definition) is 1. The molecule has 0 amide bonds. The zero-order chi connectivity index (χ0) is 11.9. The van der Waals surface area contributed by atoms with Gasteiger partial charge in [0.15, 0.2) is 0 Å². The van der Waals surface area contributed by atoms with Crippen molar-refractivity contribution >= 4 is 27.0 Å². The van der Waals surface area contributed by atoms with Gasteiger partial charge in [0, 0.05) is 10.4 Å². The van der Waals surface area contributed by atoms with Crippen LogP contribution in [0.5, 0.6) is 0 Å². The summed E-state index contributed by atoms with van der Waals surface area (Å²) < 4.78 is 1.08. The Hall–Kier alpha value is -0.830. The third-order valence-corrected chi connectivity index (χ3v) is 3.40. The van der Waals surface area contributed by atoms with Crippen LogP contribution in [0.2, 0.25) is 0 Å². The van der Waals surface area contributed by atoms with Crippen LogP contribution in [0.15, 0.2) is 16.6 Å². The van der Waals surface area contributed by atoms with Gasteiger partial charge in [0.25, 0.3) is 0 Å². The van der Waals surface area contributed by atoms with E-state index in [2.05, 4.69) is 65.7 Å². The second-order valence-corrected chi connectivity index (χ2v) is 5.68. The van der Waals surface area contributed by atoms with Gasteiger partial charge in [-0.05, 0) is 39.5 Å². The molecule has 0 unspecified atom stereocenters. The smallest absolute Gasteiger partial charge is 0.109 e. The molecule has 0 spiro atoms. The number of benzene rings is 1. The summed E-state index contributed by atoms with van der Waals surface area (Å²) in [5.74, 6) is 2.02. The Morgan fingerprint density at radius 1 is 1.12 bits per heavy atom. The van der Waals surface area contributed by atoms with Gasteiger partial charge in [0.05, 0.1) is 5.52 Å². The molecule has 16 heavy (non-hydrogen) atoms. The van der Waals surface area contributed by atoms with Crippen LogP contribution in [0.3, 0.4) is 0 Å². The second kappa shape index (κ2) is 4.21. The number of aromatic nitrogens is 2. The topological polar surface area (TPSA) is 28.7 Å². The van der Waals surface area contributed by atoms with Crippen LogP contribution in [-0.2, 0) is 0 Å². The van der Waals surface area contributed by atoms with E-state index in [1.54, 1.807) is 0 Å². The van der Waals surface area contributed by atoms with Crippen molar-refractivity contribution in [3.05, 3.63) is 28.0 Å². The molecule has 0 radical (unpaired) electrons. The highest BCUT2D eigenvalue weighted by Gasteiger charge is 2.11. The van der Waals surface area contributed by atoms with Gasteiger partial charge in [-0.25, -0.2) is 4.98 Å². The Morgan fingerprint density at radius 2 is 1.81 bits per heavy atom. The summed E-state index contributed by atoms with van der Waals surface area (Å²) in [5.41, 5.74) is 3.49. The number of rotatable bonds is 2. The fourth-order valence-corrected chi connectivity index (χ4v) is 2.29. The number of halogens is 1. The fraction of sp³-hybridized carbons (Fsp3) is 0.462. The van der Waals surface area contributed by atoms with Gasteiger partial charge in [-0.3, -0.25) is 0 Å². The van der Waals surface area contributed by atoms with Crippen LogP contribution in [0.25, 0.3) is 11.0 Å². The Labute approximate surface area is 105 Å². The van der Waals surface area contributed by atoms with Crippen molar-refractivity contribution in [2.75, 3.05) is 0 Å². The highest BCUT2D eigenvalue weighted by Crippen LogP contribution is 2.28. The SMILES string of the molecule is CC(C)c1cc(Br)c2nc(C(C)C)[nH]c2c1. The molecule has 0 saturated heterocycles. The molecule has 0 aliphatic carbocycles. The average molecular weight is 281 g/mol. The van der Waals surface area contributed by atoms with Crippen LogP contribution >= 0.6 is 15.9 Å². The molecule has 0 aliphatic heterocycles. The molecule has 2 rings (SSSR count). The molecule has 3 heteroatoms. The normalized spacial score (nSPS) is 11.9. The van der Waals surface area contributed by atoms with Crippen molar-refractivity contribution < 1.29 is 0 Å². The van der Waals surface area contributed by atoms with Gasteiger partial charge in [-0.15, -0.1) is 0 Å². The molecular formula is C13H17BrN2. The highest BCUT2D eigenvalue weighted by atomic mass is 79.9. The van der Waals surface area contributed by atoms with E-state index in [0.29, 0.717) is 11.8 Å². The third-order valence-electron chi connectivity index (χ3n) is 2.79. The number of H-pyrrole nitrogens is 1. The molecule has 2 nitrogen and oxygen atoms in total. The van der Waals surface area contributed by atoms with E-state index in [1.807, 2.05) is 0 Å². The van der Waals surface area contributed by atoms with Crippen LogP contribution in [0.4, 0.5) is 0 Å². The minimum absolute atomic E-state index is 0.432. The number of nitrogens with zero attached hydrogens (tertiary/aromatic N) is 1. The molecular weight excluding hydrogens is 264 g/mol. The first-order chi connectivity index (χ1) is 7.49. The number of fused-ring (bicyclic) bond motifs is 1. The molecule has 0 bridgehead atoms. The van der Waals surface area contributed by atoms with E-state index in [4.69, 9.17) is 0 Å². The van der Waals surface area contributed by atoms with Gasteiger partial charge in [0.1, 0.15) is 11.3 Å².